The molecule has 0 aromatic carbocycles. The summed E-state index contributed by atoms with van der Waals surface area (Å²) >= 11 is 0. The van der Waals surface area contributed by atoms with Crippen molar-refractivity contribution in [2.45, 2.75) is 57.0 Å². The van der Waals surface area contributed by atoms with Gasteiger partial charge in [-0.05, 0) is 19.8 Å². The van der Waals surface area contributed by atoms with Gasteiger partial charge in [0.25, 0.3) is 0 Å². The summed E-state index contributed by atoms with van der Waals surface area (Å²) in [5.74, 6) is 0.0150. The SMILES string of the molecule is CC1CC(=O)NCCN1CC(=O)N(C)C1(C#N)CCCCC1. The van der Waals surface area contributed by atoms with E-state index in [0.29, 0.717) is 19.5 Å². The smallest absolute Gasteiger partial charge is 0.237 e. The zero-order valence-corrected chi connectivity index (χ0v) is 13.6. The Morgan fingerprint density at radius 2 is 2.14 bits per heavy atom. The third-order valence-electron chi connectivity index (χ3n) is 5.07. The standard InChI is InChI=1S/C16H26N4O2/c1-13-10-14(21)18-8-9-20(13)11-15(22)19(2)16(12-17)6-4-3-5-7-16/h13H,3-11H2,1-2H3,(H,18,21). The number of amides is 2. The lowest BCUT2D eigenvalue weighted by Crippen LogP contribution is -2.53. The summed E-state index contributed by atoms with van der Waals surface area (Å²) in [5, 5.41) is 12.4. The first-order chi connectivity index (χ1) is 10.5. The molecule has 0 bridgehead atoms. The number of nitrogens with one attached hydrogen (secondary N) is 1. The van der Waals surface area contributed by atoms with Crippen LogP contribution < -0.4 is 5.32 Å². The summed E-state index contributed by atoms with van der Waals surface area (Å²) in [7, 11) is 1.75. The van der Waals surface area contributed by atoms with Gasteiger partial charge in [-0.25, -0.2) is 0 Å². The van der Waals surface area contributed by atoms with Crippen molar-refractivity contribution >= 4 is 11.8 Å². The average molecular weight is 306 g/mol. The van der Waals surface area contributed by atoms with E-state index in [4.69, 9.17) is 0 Å². The summed E-state index contributed by atoms with van der Waals surface area (Å²) in [6.45, 7) is 3.49. The number of nitriles is 1. The van der Waals surface area contributed by atoms with Gasteiger partial charge in [-0.2, -0.15) is 5.26 Å². The second kappa shape index (κ2) is 7.10. The molecule has 2 amide bonds. The molecule has 2 rings (SSSR count). The van der Waals surface area contributed by atoms with E-state index in [1.165, 1.54) is 0 Å². The Morgan fingerprint density at radius 1 is 1.45 bits per heavy atom. The van der Waals surface area contributed by atoms with E-state index < -0.39 is 5.54 Å². The van der Waals surface area contributed by atoms with Crippen LogP contribution in [-0.2, 0) is 9.59 Å². The lowest BCUT2D eigenvalue weighted by molar-refractivity contribution is -0.136. The highest BCUT2D eigenvalue weighted by Crippen LogP contribution is 2.32. The van der Waals surface area contributed by atoms with Gasteiger partial charge >= 0.3 is 0 Å². The molecule has 0 spiro atoms. The molecule has 1 unspecified atom stereocenters. The Bertz CT molecular complexity index is 465. The molecule has 22 heavy (non-hydrogen) atoms. The van der Waals surface area contributed by atoms with Gasteiger partial charge in [-0.3, -0.25) is 14.5 Å². The molecule has 1 saturated carbocycles. The number of hydrogen-bond donors (Lipinski definition) is 1. The highest BCUT2D eigenvalue weighted by molar-refractivity contribution is 5.80. The first-order valence-electron chi connectivity index (χ1n) is 8.17. The lowest BCUT2D eigenvalue weighted by atomic mass is 9.81. The maximum Gasteiger partial charge on any atom is 0.237 e. The molecule has 1 aliphatic carbocycles. The van der Waals surface area contributed by atoms with Crippen molar-refractivity contribution in [1.29, 1.82) is 5.26 Å². The second-order valence-corrected chi connectivity index (χ2v) is 6.53. The number of carbonyl (C=O) groups excluding carboxylic acids is 2. The van der Waals surface area contributed by atoms with Crippen molar-refractivity contribution in [2.75, 3.05) is 26.7 Å². The van der Waals surface area contributed by atoms with Gasteiger partial charge in [0, 0.05) is 32.6 Å². The highest BCUT2D eigenvalue weighted by atomic mass is 16.2. The molecular formula is C16H26N4O2. The first kappa shape index (κ1) is 16.8. The predicted molar refractivity (Wildman–Crippen MR) is 82.9 cm³/mol. The van der Waals surface area contributed by atoms with E-state index in [9.17, 15) is 14.9 Å². The van der Waals surface area contributed by atoms with Gasteiger partial charge in [0.1, 0.15) is 5.54 Å². The van der Waals surface area contributed by atoms with Crippen molar-refractivity contribution in [3.05, 3.63) is 0 Å². The molecule has 1 aliphatic heterocycles. The van der Waals surface area contributed by atoms with E-state index in [-0.39, 0.29) is 24.4 Å². The Labute approximate surface area is 132 Å². The molecule has 1 N–H and O–H groups in total. The van der Waals surface area contributed by atoms with Crippen molar-refractivity contribution < 1.29 is 9.59 Å². The largest absolute Gasteiger partial charge is 0.355 e. The molecule has 6 heteroatoms. The molecule has 2 fully saturated rings. The van der Waals surface area contributed by atoms with Crippen LogP contribution in [0.5, 0.6) is 0 Å². The van der Waals surface area contributed by atoms with Gasteiger partial charge in [-0.15, -0.1) is 0 Å². The van der Waals surface area contributed by atoms with Gasteiger partial charge in [0.2, 0.25) is 11.8 Å². The van der Waals surface area contributed by atoms with E-state index in [1.54, 1.807) is 11.9 Å². The molecule has 1 saturated heterocycles. The van der Waals surface area contributed by atoms with E-state index in [2.05, 4.69) is 11.4 Å². The maximum absolute atomic E-state index is 12.6. The maximum atomic E-state index is 12.6. The van der Waals surface area contributed by atoms with Crippen LogP contribution in [0.3, 0.4) is 0 Å². The zero-order valence-electron chi connectivity index (χ0n) is 13.6. The van der Waals surface area contributed by atoms with Gasteiger partial charge in [-0.1, -0.05) is 19.3 Å². The van der Waals surface area contributed by atoms with Crippen LogP contribution >= 0.6 is 0 Å². The zero-order chi connectivity index (χ0) is 16.2. The summed E-state index contributed by atoms with van der Waals surface area (Å²) in [6.07, 6.45) is 5.10. The molecule has 6 nitrogen and oxygen atoms in total. The van der Waals surface area contributed by atoms with Crippen molar-refractivity contribution in [2.24, 2.45) is 0 Å². The molecular weight excluding hydrogens is 280 g/mol. The van der Waals surface area contributed by atoms with Crippen LogP contribution in [0.15, 0.2) is 0 Å². The monoisotopic (exact) mass is 306 g/mol. The molecule has 122 valence electrons. The third-order valence-corrected chi connectivity index (χ3v) is 5.07. The van der Waals surface area contributed by atoms with Gasteiger partial charge in [0.15, 0.2) is 0 Å². The molecule has 2 aliphatic rings. The molecule has 0 aromatic rings. The number of likely N-dealkylation sites (N-methyl/N-ethyl adjacent to an activating group) is 1. The van der Waals surface area contributed by atoms with Crippen LogP contribution in [-0.4, -0.2) is 59.9 Å². The number of carbonyl (C=O) groups is 2. The van der Waals surface area contributed by atoms with Crippen LogP contribution in [0.25, 0.3) is 0 Å². The lowest BCUT2D eigenvalue weighted by Gasteiger charge is -2.40. The minimum Gasteiger partial charge on any atom is -0.355 e. The van der Waals surface area contributed by atoms with Crippen LogP contribution in [0.2, 0.25) is 0 Å². The van der Waals surface area contributed by atoms with Crippen molar-refractivity contribution in [3.63, 3.8) is 0 Å². The van der Waals surface area contributed by atoms with E-state index in [1.807, 2.05) is 11.8 Å². The Hall–Kier alpha value is -1.61. The Kier molecular flexibility index (Phi) is 5.41. The number of nitrogens with zero attached hydrogens (tertiary/aromatic N) is 3. The van der Waals surface area contributed by atoms with Crippen molar-refractivity contribution in [1.82, 2.24) is 15.1 Å². The average Bonchev–Trinajstić information content (AvgIpc) is 2.68. The minimum absolute atomic E-state index is 0.0235. The fraction of sp³-hybridized carbons (Fsp3) is 0.812. The van der Waals surface area contributed by atoms with Crippen molar-refractivity contribution in [3.8, 4) is 6.07 Å². The van der Waals surface area contributed by atoms with Gasteiger partial charge in [0.05, 0.1) is 12.6 Å². The highest BCUT2D eigenvalue weighted by Gasteiger charge is 2.39. The summed E-state index contributed by atoms with van der Waals surface area (Å²) < 4.78 is 0. The van der Waals surface area contributed by atoms with E-state index in [0.717, 1.165) is 32.1 Å². The second-order valence-electron chi connectivity index (χ2n) is 6.53. The predicted octanol–water partition coefficient (Wildman–Crippen LogP) is 0.882. The molecule has 1 atom stereocenters. The van der Waals surface area contributed by atoms with E-state index >= 15 is 0 Å². The number of rotatable bonds is 3. The third kappa shape index (κ3) is 3.58. The summed E-state index contributed by atoms with van der Waals surface area (Å²) in [4.78, 5) is 27.9. The molecule has 0 aromatic heterocycles. The Balaban J connectivity index is 2.01. The first-order valence-corrected chi connectivity index (χ1v) is 8.17. The van der Waals surface area contributed by atoms with Crippen LogP contribution in [0.4, 0.5) is 0 Å². The summed E-state index contributed by atoms with van der Waals surface area (Å²) in [6, 6.07) is 2.43. The normalized spacial score (nSPS) is 25.7. The fourth-order valence-corrected chi connectivity index (χ4v) is 3.44. The van der Waals surface area contributed by atoms with Crippen LogP contribution in [0, 0.1) is 11.3 Å². The molecule has 1 heterocycles. The number of hydrogen-bond acceptors (Lipinski definition) is 4. The quantitative estimate of drug-likeness (QED) is 0.840. The minimum atomic E-state index is -0.640. The topological polar surface area (TPSA) is 76.4 Å². The van der Waals surface area contributed by atoms with Crippen LogP contribution in [0.1, 0.15) is 45.4 Å². The fourth-order valence-electron chi connectivity index (χ4n) is 3.44. The Morgan fingerprint density at radius 3 is 2.77 bits per heavy atom. The van der Waals surface area contributed by atoms with Gasteiger partial charge < -0.3 is 10.2 Å². The molecule has 0 radical (unpaired) electrons. The summed E-state index contributed by atoms with van der Waals surface area (Å²) in [5.41, 5.74) is -0.640.